The molecule has 4 aromatic heterocycles. The van der Waals surface area contributed by atoms with Gasteiger partial charge < -0.3 is 18.9 Å². The van der Waals surface area contributed by atoms with E-state index in [1.807, 2.05) is 73.3 Å². The monoisotopic (exact) mass is 860 g/mol. The summed E-state index contributed by atoms with van der Waals surface area (Å²) in [5, 5.41) is 0. The lowest BCUT2D eigenvalue weighted by Crippen LogP contribution is -2.02. The zero-order valence-corrected chi connectivity index (χ0v) is 35.3. The first kappa shape index (κ1) is 39.5. The van der Waals surface area contributed by atoms with Crippen molar-refractivity contribution in [2.45, 2.75) is 65.6 Å². The minimum absolute atomic E-state index is 0.343. The van der Waals surface area contributed by atoms with Gasteiger partial charge in [0.25, 0.3) is 0 Å². The molecule has 0 spiro atoms. The molecule has 0 amide bonds. The highest BCUT2D eigenvalue weighted by atomic mass is 32.2. The van der Waals surface area contributed by atoms with Gasteiger partial charge in [-0.25, -0.2) is 0 Å². The molecular formula is C48H36N4O4S4. The van der Waals surface area contributed by atoms with Crippen molar-refractivity contribution in [3.8, 4) is 23.0 Å². The average molecular weight is 861 g/mol. The van der Waals surface area contributed by atoms with Crippen molar-refractivity contribution < 1.29 is 18.9 Å². The molecule has 8 nitrogen and oxygen atoms in total. The lowest BCUT2D eigenvalue weighted by atomic mass is 10.3. The van der Waals surface area contributed by atoms with E-state index in [0.29, 0.717) is 26.4 Å². The lowest BCUT2D eigenvalue weighted by molar-refractivity contribution is 0.287. The van der Waals surface area contributed by atoms with E-state index >= 15 is 0 Å². The van der Waals surface area contributed by atoms with Gasteiger partial charge in [-0.05, 0) is 72.8 Å². The number of para-hydroxylation sites is 4. The minimum atomic E-state index is 0.343. The van der Waals surface area contributed by atoms with Gasteiger partial charge in [-0.15, -0.1) is 0 Å². The Kier molecular flexibility index (Phi) is 12.8. The summed E-state index contributed by atoms with van der Waals surface area (Å²) in [6.45, 7) is 1.37. The third-order valence-corrected chi connectivity index (χ3v) is 13.4. The van der Waals surface area contributed by atoms with Gasteiger partial charge in [-0.1, -0.05) is 95.6 Å². The van der Waals surface area contributed by atoms with Crippen LogP contribution in [0.4, 0.5) is 0 Å². The van der Waals surface area contributed by atoms with Crippen molar-refractivity contribution >= 4 is 47.0 Å². The molecule has 0 unspecified atom stereocenters. The number of ether oxygens (including phenoxy) is 4. The zero-order valence-electron chi connectivity index (χ0n) is 32.0. The highest BCUT2D eigenvalue weighted by Crippen LogP contribution is 2.53. The van der Waals surface area contributed by atoms with E-state index in [-0.39, 0.29) is 0 Å². The van der Waals surface area contributed by atoms with Crippen LogP contribution in [0, 0.1) is 0 Å². The Balaban J connectivity index is 1.20. The fourth-order valence-electron chi connectivity index (χ4n) is 6.22. The van der Waals surface area contributed by atoms with Gasteiger partial charge in [0.05, 0.1) is 39.2 Å². The molecular weight excluding hydrogens is 825 g/mol. The molecule has 12 heteroatoms. The molecule has 0 atom stereocenters. The topological polar surface area (TPSA) is 88.5 Å². The van der Waals surface area contributed by atoms with Gasteiger partial charge in [0.15, 0.2) is 0 Å². The molecule has 5 heterocycles. The van der Waals surface area contributed by atoms with Crippen LogP contribution in [-0.2, 0) is 26.4 Å². The van der Waals surface area contributed by atoms with E-state index in [4.69, 9.17) is 18.9 Å². The molecule has 0 N–H and O–H groups in total. The summed E-state index contributed by atoms with van der Waals surface area (Å²) in [5.74, 6) is 3.03. The van der Waals surface area contributed by atoms with Crippen LogP contribution >= 0.6 is 47.0 Å². The van der Waals surface area contributed by atoms with Crippen molar-refractivity contribution in [3.05, 3.63) is 193 Å². The van der Waals surface area contributed by atoms with Crippen molar-refractivity contribution in [1.29, 1.82) is 0 Å². The maximum Gasteiger partial charge on any atom is 0.147 e. The summed E-state index contributed by atoms with van der Waals surface area (Å²) in [7, 11) is 0. The standard InChI is InChI=1S/C48H36N4O4S4/c1-13-37-45(53-29-33-9-5-21-49-25-33)38(14-1)58-40-16-3-18-42(47(40)55-31-35-11-7-23-51-27-35)60-44-20-4-19-43(48(44)56-32-36-12-8-24-52-28-36)59-41-17-2-15-39(57-37)46(41)54-30-34-10-6-22-50-26-34/h1-28H,29-32H2. The smallest absolute Gasteiger partial charge is 0.147 e. The molecule has 0 fully saturated rings. The SMILES string of the molecule is c1cncc(COc2c3cccc2Sc2cccc(c2OCc2cccnc2)Sc2cccc(c2OCc2cccnc2)Sc2cccc(c2OCc2cccnc2)S3)c1. The highest BCUT2D eigenvalue weighted by Gasteiger charge is 2.23. The largest absolute Gasteiger partial charge is 0.486 e. The molecule has 1 aliphatic rings. The Morgan fingerprint density at radius 2 is 0.500 bits per heavy atom. The van der Waals surface area contributed by atoms with E-state index in [1.54, 1.807) is 71.8 Å². The zero-order chi connectivity index (χ0) is 40.4. The summed E-state index contributed by atoms with van der Waals surface area (Å²) in [6.07, 6.45) is 14.4. The Hall–Kier alpha value is -5.92. The van der Waals surface area contributed by atoms with Gasteiger partial charge in [0.1, 0.15) is 49.4 Å². The second kappa shape index (κ2) is 19.4. The molecule has 0 radical (unpaired) electrons. The third kappa shape index (κ3) is 9.75. The number of benzene rings is 4. The Morgan fingerprint density at radius 3 is 0.683 bits per heavy atom. The maximum absolute atomic E-state index is 6.78. The maximum atomic E-state index is 6.78. The van der Waals surface area contributed by atoms with Crippen molar-refractivity contribution in [1.82, 2.24) is 19.9 Å². The number of pyridine rings is 4. The molecule has 4 aromatic carbocycles. The van der Waals surface area contributed by atoms with Gasteiger partial charge in [0, 0.05) is 71.8 Å². The van der Waals surface area contributed by atoms with Crippen LogP contribution in [0.3, 0.4) is 0 Å². The van der Waals surface area contributed by atoms with Gasteiger partial charge >= 0.3 is 0 Å². The summed E-state index contributed by atoms with van der Waals surface area (Å²) >= 11 is 6.44. The number of fused-ring (bicyclic) bond motifs is 8. The third-order valence-electron chi connectivity index (χ3n) is 9.07. The molecule has 9 rings (SSSR count). The fraction of sp³-hybridized carbons (Fsp3) is 0.0833. The number of hydrogen-bond acceptors (Lipinski definition) is 12. The first-order valence-electron chi connectivity index (χ1n) is 19.0. The van der Waals surface area contributed by atoms with Crippen LogP contribution in [0.15, 0.2) is 210 Å². The van der Waals surface area contributed by atoms with E-state index in [1.165, 1.54) is 0 Å². The number of hydrogen-bond donors (Lipinski definition) is 0. The highest BCUT2D eigenvalue weighted by molar-refractivity contribution is 8.01. The Bertz CT molecular complexity index is 2230. The normalized spacial score (nSPS) is 12.0. The first-order chi connectivity index (χ1) is 29.7. The number of rotatable bonds is 12. The van der Waals surface area contributed by atoms with Gasteiger partial charge in [0.2, 0.25) is 0 Å². The van der Waals surface area contributed by atoms with Crippen molar-refractivity contribution in [2.24, 2.45) is 0 Å². The van der Waals surface area contributed by atoms with E-state index in [9.17, 15) is 0 Å². The van der Waals surface area contributed by atoms with Crippen LogP contribution in [0.5, 0.6) is 23.0 Å². The summed E-state index contributed by atoms with van der Waals surface area (Å²) < 4.78 is 27.1. The van der Waals surface area contributed by atoms with Crippen LogP contribution in [0.2, 0.25) is 0 Å². The molecule has 1 aliphatic heterocycles. The molecule has 60 heavy (non-hydrogen) atoms. The quantitative estimate of drug-likeness (QED) is 0.117. The molecule has 0 aliphatic carbocycles. The predicted octanol–water partition coefficient (Wildman–Crippen LogP) is 12.5. The van der Waals surface area contributed by atoms with Crippen LogP contribution < -0.4 is 18.9 Å². The van der Waals surface area contributed by atoms with Crippen LogP contribution in [0.1, 0.15) is 22.3 Å². The predicted molar refractivity (Wildman–Crippen MR) is 237 cm³/mol. The number of aromatic nitrogens is 4. The summed E-state index contributed by atoms with van der Waals surface area (Å²) in [5.41, 5.74) is 3.87. The molecule has 0 saturated heterocycles. The second-order valence-corrected chi connectivity index (χ2v) is 17.7. The first-order valence-corrected chi connectivity index (χ1v) is 22.3. The molecule has 8 bridgehead atoms. The average Bonchev–Trinajstić information content (AvgIpc) is 3.29. The molecule has 8 aromatic rings. The van der Waals surface area contributed by atoms with Gasteiger partial charge in [-0.2, -0.15) is 0 Å². The fourth-order valence-corrected chi connectivity index (χ4v) is 10.7. The van der Waals surface area contributed by atoms with Crippen LogP contribution in [0.25, 0.3) is 0 Å². The van der Waals surface area contributed by atoms with E-state index < -0.39 is 0 Å². The number of nitrogens with zero attached hydrogens (tertiary/aromatic N) is 4. The van der Waals surface area contributed by atoms with Crippen molar-refractivity contribution in [2.75, 3.05) is 0 Å². The van der Waals surface area contributed by atoms with Crippen molar-refractivity contribution in [3.63, 3.8) is 0 Å². The lowest BCUT2D eigenvalue weighted by Gasteiger charge is -2.21. The Labute approximate surface area is 365 Å². The van der Waals surface area contributed by atoms with E-state index in [2.05, 4.69) is 92.7 Å². The molecule has 296 valence electrons. The summed E-state index contributed by atoms with van der Waals surface area (Å²) in [4.78, 5) is 24.9. The van der Waals surface area contributed by atoms with Crippen LogP contribution in [-0.4, -0.2) is 19.9 Å². The Morgan fingerprint density at radius 1 is 0.283 bits per heavy atom. The summed E-state index contributed by atoms with van der Waals surface area (Å²) in [6, 6.07) is 40.9. The minimum Gasteiger partial charge on any atom is -0.486 e. The van der Waals surface area contributed by atoms with E-state index in [0.717, 1.165) is 84.4 Å². The van der Waals surface area contributed by atoms with Gasteiger partial charge in [-0.3, -0.25) is 19.9 Å². The second-order valence-electron chi connectivity index (χ2n) is 13.3. The molecule has 0 saturated carbocycles.